The molecule has 30 heavy (non-hydrogen) atoms. The van der Waals surface area contributed by atoms with Gasteiger partial charge in [-0.15, -0.1) is 0 Å². The van der Waals surface area contributed by atoms with Crippen molar-refractivity contribution in [2.75, 3.05) is 17.7 Å². The number of hydrogen-bond donors (Lipinski definition) is 2. The van der Waals surface area contributed by atoms with Crippen molar-refractivity contribution in [3.05, 3.63) is 70.5 Å². The monoisotopic (exact) mass is 406 g/mol. The lowest BCUT2D eigenvalue weighted by molar-refractivity contribution is -0.117. The van der Waals surface area contributed by atoms with Crippen LogP contribution in [0, 0.1) is 6.92 Å². The lowest BCUT2D eigenvalue weighted by Gasteiger charge is -2.12. The maximum Gasteiger partial charge on any atom is 0.291 e. The molecule has 0 bridgehead atoms. The van der Waals surface area contributed by atoms with Crippen LogP contribution in [0.5, 0.6) is 5.75 Å². The molecule has 0 radical (unpaired) electrons. The second kappa shape index (κ2) is 9.04. The summed E-state index contributed by atoms with van der Waals surface area (Å²) in [7, 11) is 1.53. The molecule has 2 amide bonds. The van der Waals surface area contributed by atoms with Gasteiger partial charge in [0.25, 0.3) is 5.56 Å². The van der Waals surface area contributed by atoms with Crippen molar-refractivity contribution in [1.82, 2.24) is 9.78 Å². The molecule has 8 heteroatoms. The standard InChI is InChI=1S/C22H22N4O4/c1-14-7-9-16(10-8-14)19-12-20(23-15(2)27)22(29)26(25-19)13-21(28)24-17-5-4-6-18(11-17)30-3/h4-12H,13H2,1-3H3,(H,23,27)(H,24,28). The van der Waals surface area contributed by atoms with Crippen molar-refractivity contribution in [3.63, 3.8) is 0 Å². The van der Waals surface area contributed by atoms with Crippen molar-refractivity contribution in [1.29, 1.82) is 0 Å². The quantitative estimate of drug-likeness (QED) is 0.655. The molecule has 0 unspecified atom stereocenters. The summed E-state index contributed by atoms with van der Waals surface area (Å²) >= 11 is 0. The molecule has 1 heterocycles. The fourth-order valence-electron chi connectivity index (χ4n) is 2.83. The Morgan fingerprint density at radius 1 is 1.07 bits per heavy atom. The van der Waals surface area contributed by atoms with E-state index in [9.17, 15) is 14.4 Å². The van der Waals surface area contributed by atoms with E-state index in [2.05, 4.69) is 15.7 Å². The molecule has 3 aromatic rings. The maximum atomic E-state index is 12.7. The molecule has 1 aromatic heterocycles. The van der Waals surface area contributed by atoms with Crippen molar-refractivity contribution in [2.45, 2.75) is 20.4 Å². The number of hydrogen-bond acceptors (Lipinski definition) is 5. The molecular weight excluding hydrogens is 384 g/mol. The van der Waals surface area contributed by atoms with Crippen LogP contribution in [0.15, 0.2) is 59.4 Å². The Kier molecular flexibility index (Phi) is 6.26. The first-order valence-corrected chi connectivity index (χ1v) is 9.26. The van der Waals surface area contributed by atoms with Crippen LogP contribution >= 0.6 is 0 Å². The van der Waals surface area contributed by atoms with Gasteiger partial charge in [0.15, 0.2) is 0 Å². The van der Waals surface area contributed by atoms with Crippen LogP contribution < -0.4 is 20.9 Å². The molecule has 2 aromatic carbocycles. The van der Waals surface area contributed by atoms with Gasteiger partial charge in [0, 0.05) is 24.2 Å². The van der Waals surface area contributed by atoms with Crippen molar-refractivity contribution in [2.24, 2.45) is 0 Å². The molecule has 0 spiro atoms. The number of ether oxygens (including phenoxy) is 1. The normalized spacial score (nSPS) is 10.4. The molecule has 2 N–H and O–H groups in total. The van der Waals surface area contributed by atoms with Crippen molar-refractivity contribution in [3.8, 4) is 17.0 Å². The van der Waals surface area contributed by atoms with Gasteiger partial charge in [0.2, 0.25) is 11.8 Å². The van der Waals surface area contributed by atoms with Gasteiger partial charge >= 0.3 is 0 Å². The minimum atomic E-state index is -0.568. The predicted octanol–water partition coefficient (Wildman–Crippen LogP) is 2.82. The summed E-state index contributed by atoms with van der Waals surface area (Å²) in [5.74, 6) is -0.231. The number of rotatable bonds is 6. The Morgan fingerprint density at radius 2 is 1.80 bits per heavy atom. The molecular formula is C22H22N4O4. The average Bonchev–Trinajstić information content (AvgIpc) is 2.71. The predicted molar refractivity (Wildman–Crippen MR) is 115 cm³/mol. The topological polar surface area (TPSA) is 102 Å². The first kappa shape index (κ1) is 20.8. The third-order valence-corrected chi connectivity index (χ3v) is 4.28. The van der Waals surface area contributed by atoms with Gasteiger partial charge in [-0.05, 0) is 25.1 Å². The Balaban J connectivity index is 1.92. The largest absolute Gasteiger partial charge is 0.497 e. The van der Waals surface area contributed by atoms with E-state index in [1.807, 2.05) is 31.2 Å². The number of carbonyl (C=O) groups is 2. The van der Waals surface area contributed by atoms with Gasteiger partial charge < -0.3 is 15.4 Å². The molecule has 0 saturated heterocycles. The van der Waals surface area contributed by atoms with Crippen LogP contribution in [-0.4, -0.2) is 28.7 Å². The number of amides is 2. The second-order valence-electron chi connectivity index (χ2n) is 6.73. The number of aryl methyl sites for hydroxylation is 1. The molecule has 154 valence electrons. The van der Waals surface area contributed by atoms with E-state index in [0.717, 1.165) is 15.8 Å². The number of benzene rings is 2. The van der Waals surface area contributed by atoms with E-state index < -0.39 is 11.5 Å². The third-order valence-electron chi connectivity index (χ3n) is 4.28. The summed E-state index contributed by atoms with van der Waals surface area (Å²) in [6, 6.07) is 15.9. The summed E-state index contributed by atoms with van der Waals surface area (Å²) in [6.45, 7) is 2.96. The van der Waals surface area contributed by atoms with Crippen LogP contribution in [0.3, 0.4) is 0 Å². The molecule has 0 aliphatic carbocycles. The average molecular weight is 406 g/mol. The second-order valence-corrected chi connectivity index (χ2v) is 6.73. The van der Waals surface area contributed by atoms with Gasteiger partial charge in [0.05, 0.1) is 12.8 Å². The fourth-order valence-corrected chi connectivity index (χ4v) is 2.83. The highest BCUT2D eigenvalue weighted by Gasteiger charge is 2.14. The summed E-state index contributed by atoms with van der Waals surface area (Å²) in [5, 5.41) is 9.55. The lowest BCUT2D eigenvalue weighted by atomic mass is 10.1. The van der Waals surface area contributed by atoms with Crippen LogP contribution in [0.25, 0.3) is 11.3 Å². The van der Waals surface area contributed by atoms with Crippen molar-refractivity contribution < 1.29 is 14.3 Å². The van der Waals surface area contributed by atoms with Crippen LogP contribution in [0.4, 0.5) is 11.4 Å². The Hall–Kier alpha value is -3.94. The molecule has 0 fully saturated rings. The van der Waals surface area contributed by atoms with E-state index in [4.69, 9.17) is 4.74 Å². The van der Waals surface area contributed by atoms with Gasteiger partial charge in [0.1, 0.15) is 18.0 Å². The Labute approximate surface area is 173 Å². The van der Waals surface area contributed by atoms with Gasteiger partial charge in [-0.1, -0.05) is 35.9 Å². The number of nitrogens with one attached hydrogen (secondary N) is 2. The smallest absolute Gasteiger partial charge is 0.291 e. The summed E-state index contributed by atoms with van der Waals surface area (Å²) in [4.78, 5) is 36.8. The highest BCUT2D eigenvalue weighted by atomic mass is 16.5. The van der Waals surface area contributed by atoms with E-state index in [0.29, 0.717) is 17.1 Å². The SMILES string of the molecule is COc1cccc(NC(=O)Cn2nc(-c3ccc(C)cc3)cc(NC(C)=O)c2=O)c1. The molecule has 8 nitrogen and oxygen atoms in total. The van der Waals surface area contributed by atoms with Gasteiger partial charge in [-0.3, -0.25) is 14.4 Å². The first-order chi connectivity index (χ1) is 14.4. The molecule has 0 atom stereocenters. The van der Waals surface area contributed by atoms with Gasteiger partial charge in [-0.2, -0.15) is 5.10 Å². The number of carbonyl (C=O) groups excluding carboxylic acids is 2. The zero-order valence-corrected chi connectivity index (χ0v) is 16.9. The summed E-state index contributed by atoms with van der Waals surface area (Å²) in [5.41, 5.74) is 2.32. The number of anilines is 2. The van der Waals surface area contributed by atoms with Crippen LogP contribution in [0.1, 0.15) is 12.5 Å². The van der Waals surface area contributed by atoms with Gasteiger partial charge in [-0.25, -0.2) is 4.68 Å². The highest BCUT2D eigenvalue weighted by molar-refractivity contribution is 5.91. The highest BCUT2D eigenvalue weighted by Crippen LogP contribution is 2.19. The van der Waals surface area contributed by atoms with Crippen LogP contribution in [-0.2, 0) is 16.1 Å². The molecule has 3 rings (SSSR count). The number of nitrogens with zero attached hydrogens (tertiary/aromatic N) is 2. The van der Waals surface area contributed by atoms with Crippen LogP contribution in [0.2, 0.25) is 0 Å². The maximum absolute atomic E-state index is 12.7. The van der Waals surface area contributed by atoms with E-state index in [1.54, 1.807) is 24.3 Å². The number of aromatic nitrogens is 2. The zero-order valence-electron chi connectivity index (χ0n) is 16.9. The van der Waals surface area contributed by atoms with E-state index >= 15 is 0 Å². The van der Waals surface area contributed by atoms with Crippen molar-refractivity contribution >= 4 is 23.2 Å². The van der Waals surface area contributed by atoms with E-state index in [1.165, 1.54) is 20.1 Å². The summed E-state index contributed by atoms with van der Waals surface area (Å²) in [6.07, 6.45) is 0. The molecule has 0 saturated carbocycles. The minimum Gasteiger partial charge on any atom is -0.497 e. The summed E-state index contributed by atoms with van der Waals surface area (Å²) < 4.78 is 6.18. The molecule has 0 aliphatic rings. The number of methoxy groups -OCH3 is 1. The Bertz CT molecular complexity index is 1140. The third kappa shape index (κ3) is 5.11. The van der Waals surface area contributed by atoms with E-state index in [-0.39, 0.29) is 18.1 Å². The zero-order chi connectivity index (χ0) is 21.7. The first-order valence-electron chi connectivity index (χ1n) is 9.26. The minimum absolute atomic E-state index is 0.0576. The lowest BCUT2D eigenvalue weighted by Crippen LogP contribution is -2.32. The molecule has 0 aliphatic heterocycles. The fraction of sp³-hybridized carbons (Fsp3) is 0.182. The Morgan fingerprint density at radius 3 is 2.47 bits per heavy atom.